The van der Waals surface area contributed by atoms with Crippen molar-refractivity contribution in [3.63, 3.8) is 0 Å². The molecule has 0 aliphatic carbocycles. The molecule has 0 unspecified atom stereocenters. The summed E-state index contributed by atoms with van der Waals surface area (Å²) in [6.45, 7) is 4.33. The molecular formula is C18H21N5O3. The van der Waals surface area contributed by atoms with E-state index in [1.165, 1.54) is 10.6 Å². The molecule has 1 aliphatic rings. The van der Waals surface area contributed by atoms with E-state index in [1.807, 2.05) is 18.7 Å². The van der Waals surface area contributed by atoms with E-state index in [0.29, 0.717) is 23.6 Å². The van der Waals surface area contributed by atoms with Crippen molar-refractivity contribution in [1.82, 2.24) is 24.7 Å². The third-order valence-corrected chi connectivity index (χ3v) is 5.07. The number of hydrogen-bond acceptors (Lipinski definition) is 5. The highest BCUT2D eigenvalue weighted by atomic mass is 16.5. The van der Waals surface area contributed by atoms with Crippen LogP contribution in [0, 0.1) is 13.8 Å². The maximum absolute atomic E-state index is 13.0. The average molecular weight is 355 g/mol. The van der Waals surface area contributed by atoms with Crippen LogP contribution >= 0.6 is 0 Å². The molecule has 3 aromatic rings. The Morgan fingerprint density at radius 3 is 3.00 bits per heavy atom. The molecule has 8 nitrogen and oxygen atoms in total. The Morgan fingerprint density at radius 1 is 1.38 bits per heavy atom. The van der Waals surface area contributed by atoms with E-state index in [-0.39, 0.29) is 23.9 Å². The molecule has 1 aliphatic heterocycles. The monoisotopic (exact) mass is 355 g/mol. The quantitative estimate of drug-likeness (QED) is 0.774. The van der Waals surface area contributed by atoms with Crippen molar-refractivity contribution in [3.8, 4) is 0 Å². The standard InChI is InChI=1S/C18H21N5O3/c1-11-13(12(2)26-21-11)9-17(24)22-8-4-3-5-15(22)14-10-18(25)23-16(20-14)6-7-19-23/h6-7,10,15,19H,3-5,8-9H2,1-2H3/t15-/m0/s1. The van der Waals surface area contributed by atoms with Crippen molar-refractivity contribution in [3.05, 3.63) is 51.4 Å². The molecule has 136 valence electrons. The Labute approximate surface area is 149 Å². The maximum Gasteiger partial charge on any atom is 0.272 e. The van der Waals surface area contributed by atoms with E-state index in [0.717, 1.165) is 30.5 Å². The lowest BCUT2D eigenvalue weighted by Crippen LogP contribution is -2.40. The van der Waals surface area contributed by atoms with E-state index in [9.17, 15) is 9.59 Å². The fourth-order valence-electron chi connectivity index (χ4n) is 3.66. The highest BCUT2D eigenvalue weighted by Crippen LogP contribution is 2.30. The number of aryl methyl sites for hydroxylation is 2. The zero-order valence-corrected chi connectivity index (χ0v) is 14.9. The van der Waals surface area contributed by atoms with Gasteiger partial charge in [-0.05, 0) is 33.1 Å². The minimum atomic E-state index is -0.177. The fourth-order valence-corrected chi connectivity index (χ4v) is 3.66. The molecular weight excluding hydrogens is 334 g/mol. The Morgan fingerprint density at radius 2 is 2.23 bits per heavy atom. The van der Waals surface area contributed by atoms with E-state index in [4.69, 9.17) is 4.52 Å². The van der Waals surface area contributed by atoms with Gasteiger partial charge in [-0.1, -0.05) is 5.16 Å². The fraction of sp³-hybridized carbons (Fsp3) is 0.444. The summed E-state index contributed by atoms with van der Waals surface area (Å²) in [7, 11) is 0. The Bertz CT molecular complexity index is 996. The van der Waals surface area contributed by atoms with Crippen molar-refractivity contribution in [2.24, 2.45) is 0 Å². The smallest absolute Gasteiger partial charge is 0.272 e. The minimum Gasteiger partial charge on any atom is -0.361 e. The van der Waals surface area contributed by atoms with Crippen molar-refractivity contribution >= 4 is 11.6 Å². The average Bonchev–Trinajstić information content (AvgIpc) is 3.24. The molecule has 1 fully saturated rings. The predicted octanol–water partition coefficient (Wildman–Crippen LogP) is 1.92. The van der Waals surface area contributed by atoms with Gasteiger partial charge in [0.25, 0.3) is 5.56 Å². The number of nitrogens with one attached hydrogen (secondary N) is 1. The number of carbonyl (C=O) groups is 1. The first-order valence-corrected chi connectivity index (χ1v) is 8.83. The summed E-state index contributed by atoms with van der Waals surface area (Å²) >= 11 is 0. The van der Waals surface area contributed by atoms with Gasteiger partial charge in [-0.3, -0.25) is 14.7 Å². The Kier molecular flexibility index (Phi) is 4.10. The first kappa shape index (κ1) is 16.6. The van der Waals surface area contributed by atoms with Crippen LogP contribution in [0.2, 0.25) is 0 Å². The second kappa shape index (κ2) is 6.44. The van der Waals surface area contributed by atoms with Crippen LogP contribution in [0.15, 0.2) is 27.6 Å². The zero-order valence-electron chi connectivity index (χ0n) is 14.9. The SMILES string of the molecule is Cc1noc(C)c1CC(=O)N1CCCC[C@H]1c1cc(=O)n2[nH]ccc2n1. The number of likely N-dealkylation sites (tertiary alicyclic amines) is 1. The predicted molar refractivity (Wildman–Crippen MR) is 93.8 cm³/mol. The van der Waals surface area contributed by atoms with Gasteiger partial charge >= 0.3 is 0 Å². The molecule has 3 aromatic heterocycles. The van der Waals surface area contributed by atoms with Crippen LogP contribution in [-0.4, -0.2) is 37.1 Å². The van der Waals surface area contributed by atoms with Gasteiger partial charge in [-0.2, -0.15) is 0 Å². The molecule has 1 amide bonds. The van der Waals surface area contributed by atoms with Gasteiger partial charge in [0.15, 0.2) is 5.65 Å². The summed E-state index contributed by atoms with van der Waals surface area (Å²) in [6, 6.07) is 3.10. The molecule has 0 saturated carbocycles. The molecule has 0 aromatic carbocycles. The van der Waals surface area contributed by atoms with Gasteiger partial charge in [-0.15, -0.1) is 0 Å². The van der Waals surface area contributed by atoms with E-state index in [2.05, 4.69) is 15.2 Å². The van der Waals surface area contributed by atoms with E-state index >= 15 is 0 Å². The minimum absolute atomic E-state index is 0.0140. The summed E-state index contributed by atoms with van der Waals surface area (Å²) in [5.41, 5.74) is 2.64. The first-order chi connectivity index (χ1) is 12.5. The Balaban J connectivity index is 1.65. The number of carbonyl (C=O) groups excluding carboxylic acids is 1. The molecule has 4 rings (SSSR count). The number of piperidine rings is 1. The highest BCUT2D eigenvalue weighted by molar-refractivity contribution is 5.79. The van der Waals surface area contributed by atoms with E-state index in [1.54, 1.807) is 12.3 Å². The summed E-state index contributed by atoms with van der Waals surface area (Å²) in [5, 5.41) is 6.76. The molecule has 26 heavy (non-hydrogen) atoms. The molecule has 1 N–H and O–H groups in total. The zero-order chi connectivity index (χ0) is 18.3. The molecule has 0 radical (unpaired) electrons. The van der Waals surface area contributed by atoms with Gasteiger partial charge in [0.05, 0.1) is 23.9 Å². The van der Waals surface area contributed by atoms with Crippen molar-refractivity contribution < 1.29 is 9.32 Å². The topological polar surface area (TPSA) is 96.5 Å². The third-order valence-electron chi connectivity index (χ3n) is 5.07. The van der Waals surface area contributed by atoms with Crippen LogP contribution < -0.4 is 5.56 Å². The number of H-pyrrole nitrogens is 1. The Hall–Kier alpha value is -2.90. The lowest BCUT2D eigenvalue weighted by molar-refractivity contribution is -0.134. The van der Waals surface area contributed by atoms with Gasteiger partial charge < -0.3 is 9.42 Å². The van der Waals surface area contributed by atoms with Crippen molar-refractivity contribution in [2.45, 2.75) is 45.6 Å². The van der Waals surface area contributed by atoms with Crippen LogP contribution in [0.4, 0.5) is 0 Å². The lowest BCUT2D eigenvalue weighted by Gasteiger charge is -2.35. The number of aromatic nitrogens is 4. The van der Waals surface area contributed by atoms with Gasteiger partial charge in [0.1, 0.15) is 5.76 Å². The molecule has 1 saturated heterocycles. The number of hydrogen-bond donors (Lipinski definition) is 1. The summed E-state index contributed by atoms with van der Waals surface area (Å²) in [6.07, 6.45) is 4.70. The lowest BCUT2D eigenvalue weighted by atomic mass is 9.97. The highest BCUT2D eigenvalue weighted by Gasteiger charge is 2.30. The third kappa shape index (κ3) is 2.81. The molecule has 0 bridgehead atoms. The number of rotatable bonds is 3. The van der Waals surface area contributed by atoms with Gasteiger partial charge in [0, 0.05) is 30.4 Å². The number of amides is 1. The van der Waals surface area contributed by atoms with Crippen LogP contribution in [0.1, 0.15) is 48.0 Å². The first-order valence-electron chi connectivity index (χ1n) is 8.83. The summed E-state index contributed by atoms with van der Waals surface area (Å²) in [4.78, 5) is 31.7. The maximum atomic E-state index is 13.0. The van der Waals surface area contributed by atoms with Crippen LogP contribution in [0.5, 0.6) is 0 Å². The summed E-state index contributed by atoms with van der Waals surface area (Å²) in [5.74, 6) is 0.690. The second-order valence-corrected chi connectivity index (χ2v) is 6.75. The van der Waals surface area contributed by atoms with Crippen LogP contribution in [0.25, 0.3) is 5.65 Å². The molecule has 1 atom stereocenters. The van der Waals surface area contributed by atoms with Crippen molar-refractivity contribution in [1.29, 1.82) is 0 Å². The van der Waals surface area contributed by atoms with Gasteiger partial charge in [-0.25, -0.2) is 9.50 Å². The normalized spacial score (nSPS) is 17.8. The molecule has 4 heterocycles. The van der Waals surface area contributed by atoms with Crippen molar-refractivity contribution in [2.75, 3.05) is 6.54 Å². The second-order valence-electron chi connectivity index (χ2n) is 6.75. The van der Waals surface area contributed by atoms with Gasteiger partial charge in [0.2, 0.25) is 5.91 Å². The number of aromatic amines is 1. The summed E-state index contributed by atoms with van der Waals surface area (Å²) < 4.78 is 6.56. The largest absolute Gasteiger partial charge is 0.361 e. The van der Waals surface area contributed by atoms with E-state index < -0.39 is 0 Å². The number of nitrogens with zero attached hydrogens (tertiary/aromatic N) is 4. The van der Waals surface area contributed by atoms with Crippen LogP contribution in [0.3, 0.4) is 0 Å². The number of fused-ring (bicyclic) bond motifs is 1. The molecule has 0 spiro atoms. The molecule has 8 heteroatoms. The van der Waals surface area contributed by atoms with Crippen LogP contribution in [-0.2, 0) is 11.2 Å².